The van der Waals surface area contributed by atoms with Crippen LogP contribution in [0.1, 0.15) is 29.9 Å². The van der Waals surface area contributed by atoms with Crippen LogP contribution in [-0.4, -0.2) is 27.7 Å². The molecule has 4 rings (SSSR count). The van der Waals surface area contributed by atoms with Crippen molar-refractivity contribution in [2.75, 3.05) is 16.8 Å². The van der Waals surface area contributed by atoms with Crippen LogP contribution in [0.4, 0.5) is 11.5 Å². The lowest BCUT2D eigenvalue weighted by molar-refractivity contribution is -0.113. The smallest absolute Gasteiger partial charge is 0.234 e. The molecule has 1 aromatic carbocycles. The van der Waals surface area contributed by atoms with E-state index < -0.39 is 0 Å². The van der Waals surface area contributed by atoms with Crippen molar-refractivity contribution >= 4 is 50.7 Å². The summed E-state index contributed by atoms with van der Waals surface area (Å²) in [6.07, 6.45) is 1.03. The molecule has 3 N–H and O–H groups in total. The van der Waals surface area contributed by atoms with Crippen LogP contribution >= 0.6 is 23.1 Å². The number of ether oxygens (including phenoxy) is 1. The van der Waals surface area contributed by atoms with Gasteiger partial charge in [0.1, 0.15) is 10.6 Å². The second-order valence-electron chi connectivity index (χ2n) is 7.52. The highest BCUT2D eigenvalue weighted by molar-refractivity contribution is 7.99. The fourth-order valence-electron chi connectivity index (χ4n) is 3.41. The van der Waals surface area contributed by atoms with Crippen LogP contribution in [0, 0.1) is 12.8 Å². The zero-order valence-electron chi connectivity index (χ0n) is 16.7. The number of aryl methyl sites for hydroxylation is 1. The minimum atomic E-state index is -0.0924. The zero-order valence-corrected chi connectivity index (χ0v) is 18.3. The van der Waals surface area contributed by atoms with Crippen LogP contribution in [0.3, 0.4) is 0 Å². The van der Waals surface area contributed by atoms with E-state index in [0.717, 1.165) is 27.9 Å². The molecule has 0 fully saturated rings. The van der Waals surface area contributed by atoms with Gasteiger partial charge in [0.2, 0.25) is 5.91 Å². The highest BCUT2D eigenvalue weighted by Crippen LogP contribution is 2.39. The summed E-state index contributed by atoms with van der Waals surface area (Å²) in [4.78, 5) is 23.5. The van der Waals surface area contributed by atoms with E-state index in [4.69, 9.17) is 10.5 Å². The van der Waals surface area contributed by atoms with Crippen LogP contribution in [0.25, 0.3) is 10.2 Å². The lowest BCUT2D eigenvalue weighted by Crippen LogP contribution is -2.26. The van der Waals surface area contributed by atoms with Crippen LogP contribution in [0.5, 0.6) is 0 Å². The van der Waals surface area contributed by atoms with Crippen molar-refractivity contribution in [2.45, 2.75) is 45.1 Å². The SMILES string of the molecule is Cc1ccccc1NC(=O)CSc1nc(N)c2c3c(sc2n1)CO[C@@H](C(C)C)C3. The van der Waals surface area contributed by atoms with Gasteiger partial charge in [0.25, 0.3) is 0 Å². The maximum Gasteiger partial charge on any atom is 0.234 e. The van der Waals surface area contributed by atoms with E-state index in [-0.39, 0.29) is 17.8 Å². The summed E-state index contributed by atoms with van der Waals surface area (Å²) < 4.78 is 5.97. The van der Waals surface area contributed by atoms with Crippen molar-refractivity contribution < 1.29 is 9.53 Å². The maximum atomic E-state index is 12.3. The number of hydrogen-bond donors (Lipinski definition) is 2. The quantitative estimate of drug-likeness (QED) is 0.462. The normalized spacial score (nSPS) is 16.2. The van der Waals surface area contributed by atoms with Gasteiger partial charge in [0.05, 0.1) is 23.8 Å². The van der Waals surface area contributed by atoms with Crippen LogP contribution < -0.4 is 11.1 Å². The molecule has 0 saturated heterocycles. The minimum Gasteiger partial charge on any atom is -0.383 e. The van der Waals surface area contributed by atoms with Crippen molar-refractivity contribution in [1.29, 1.82) is 0 Å². The van der Waals surface area contributed by atoms with Gasteiger partial charge >= 0.3 is 0 Å². The molecular formula is C21H24N4O2S2. The zero-order chi connectivity index (χ0) is 20.5. The monoisotopic (exact) mass is 428 g/mol. The third-order valence-corrected chi connectivity index (χ3v) is 7.02. The largest absolute Gasteiger partial charge is 0.383 e. The Hall–Kier alpha value is -2.16. The highest BCUT2D eigenvalue weighted by Gasteiger charge is 2.27. The summed E-state index contributed by atoms with van der Waals surface area (Å²) in [6, 6.07) is 7.70. The molecule has 3 heterocycles. The second-order valence-corrected chi connectivity index (χ2v) is 9.55. The standard InChI is InChI=1S/C21H24N4O2S2/c1-11(2)15-8-13-16(9-27-15)29-20-18(13)19(22)24-21(25-20)28-10-17(26)23-14-7-5-4-6-12(14)3/h4-7,11,15H,8-10H2,1-3H3,(H,23,26)(H2,22,24,25)/t15-/m1/s1. The molecule has 6 nitrogen and oxygen atoms in total. The molecule has 152 valence electrons. The molecular weight excluding hydrogens is 404 g/mol. The summed E-state index contributed by atoms with van der Waals surface area (Å²) in [5.41, 5.74) is 9.37. The Morgan fingerprint density at radius 1 is 1.38 bits per heavy atom. The number of carbonyl (C=O) groups excluding carboxylic acids is 1. The number of nitrogens with one attached hydrogen (secondary N) is 1. The molecule has 0 bridgehead atoms. The van der Waals surface area contributed by atoms with E-state index in [2.05, 4.69) is 29.1 Å². The number of thioether (sulfide) groups is 1. The lowest BCUT2D eigenvalue weighted by atomic mass is 9.96. The highest BCUT2D eigenvalue weighted by atomic mass is 32.2. The van der Waals surface area contributed by atoms with Gasteiger partial charge in [-0.15, -0.1) is 11.3 Å². The number of thiophene rings is 1. The summed E-state index contributed by atoms with van der Waals surface area (Å²) >= 11 is 2.91. The Balaban J connectivity index is 1.50. The number of carbonyl (C=O) groups is 1. The van der Waals surface area contributed by atoms with Gasteiger partial charge in [-0.2, -0.15) is 0 Å². The first-order valence-corrected chi connectivity index (χ1v) is 11.4. The number of rotatable bonds is 5. The second kappa shape index (κ2) is 8.30. The number of benzene rings is 1. The molecule has 0 saturated carbocycles. The number of hydrogen-bond acceptors (Lipinski definition) is 7. The molecule has 1 atom stereocenters. The first-order valence-electron chi connectivity index (χ1n) is 9.60. The minimum absolute atomic E-state index is 0.0924. The van der Waals surface area contributed by atoms with Gasteiger partial charge in [-0.3, -0.25) is 4.79 Å². The number of fused-ring (bicyclic) bond motifs is 3. The first-order chi connectivity index (χ1) is 13.9. The molecule has 29 heavy (non-hydrogen) atoms. The molecule has 1 amide bonds. The summed E-state index contributed by atoms with van der Waals surface area (Å²) in [6.45, 7) is 6.90. The van der Waals surface area contributed by atoms with Crippen molar-refractivity contribution in [3.8, 4) is 0 Å². The number of aromatic nitrogens is 2. The predicted octanol–water partition coefficient (Wildman–Crippen LogP) is 4.41. The van der Waals surface area contributed by atoms with Crippen molar-refractivity contribution in [3.63, 3.8) is 0 Å². The maximum absolute atomic E-state index is 12.3. The van der Waals surface area contributed by atoms with Gasteiger partial charge in [0, 0.05) is 17.0 Å². The number of anilines is 2. The topological polar surface area (TPSA) is 90.1 Å². The number of amides is 1. The van der Waals surface area contributed by atoms with Gasteiger partial charge < -0.3 is 15.8 Å². The summed E-state index contributed by atoms with van der Waals surface area (Å²) in [7, 11) is 0. The van der Waals surface area contributed by atoms with Crippen LogP contribution in [0.15, 0.2) is 29.4 Å². The Labute approximate surface area is 178 Å². The average molecular weight is 429 g/mol. The molecule has 2 aromatic heterocycles. The van der Waals surface area contributed by atoms with Gasteiger partial charge in [-0.25, -0.2) is 9.97 Å². The fourth-order valence-corrected chi connectivity index (χ4v) is 5.25. The molecule has 0 spiro atoms. The van der Waals surface area contributed by atoms with E-state index >= 15 is 0 Å². The van der Waals surface area contributed by atoms with E-state index in [0.29, 0.717) is 23.5 Å². The molecule has 0 radical (unpaired) electrons. The van der Waals surface area contributed by atoms with Crippen molar-refractivity contribution in [1.82, 2.24) is 9.97 Å². The molecule has 8 heteroatoms. The van der Waals surface area contributed by atoms with E-state index in [1.54, 1.807) is 11.3 Å². The van der Waals surface area contributed by atoms with E-state index in [1.165, 1.54) is 22.2 Å². The average Bonchev–Trinajstić information content (AvgIpc) is 3.06. The Kier molecular flexibility index (Phi) is 5.76. The third-order valence-electron chi connectivity index (χ3n) is 5.07. The lowest BCUT2D eigenvalue weighted by Gasteiger charge is -2.26. The van der Waals surface area contributed by atoms with E-state index in [9.17, 15) is 4.79 Å². The van der Waals surface area contributed by atoms with Crippen molar-refractivity contribution in [2.24, 2.45) is 5.92 Å². The molecule has 0 unspecified atom stereocenters. The Bertz CT molecular complexity index is 1060. The number of nitrogens with two attached hydrogens (primary N) is 1. The fraction of sp³-hybridized carbons (Fsp3) is 0.381. The van der Waals surface area contributed by atoms with Gasteiger partial charge in [-0.05, 0) is 30.0 Å². The van der Waals surface area contributed by atoms with E-state index in [1.807, 2.05) is 31.2 Å². The summed E-state index contributed by atoms with van der Waals surface area (Å²) in [5, 5.41) is 4.40. The predicted molar refractivity (Wildman–Crippen MR) is 119 cm³/mol. The van der Waals surface area contributed by atoms with Gasteiger partial charge in [-0.1, -0.05) is 43.8 Å². The first kappa shape index (κ1) is 20.1. The Morgan fingerprint density at radius 2 is 2.17 bits per heavy atom. The number of nitrogens with zero attached hydrogens (tertiary/aromatic N) is 2. The molecule has 1 aliphatic heterocycles. The van der Waals surface area contributed by atoms with Crippen molar-refractivity contribution in [3.05, 3.63) is 40.3 Å². The summed E-state index contributed by atoms with van der Waals surface area (Å²) in [5.74, 6) is 1.06. The molecule has 0 aliphatic carbocycles. The third kappa shape index (κ3) is 4.24. The van der Waals surface area contributed by atoms with Gasteiger partial charge in [0.15, 0.2) is 5.16 Å². The van der Waals surface area contributed by atoms with Crippen LogP contribution in [0.2, 0.25) is 0 Å². The number of para-hydroxylation sites is 1. The number of nitrogen functional groups attached to an aromatic ring is 1. The molecule has 3 aromatic rings. The van der Waals surface area contributed by atoms with Crippen LogP contribution in [-0.2, 0) is 22.6 Å². The molecule has 1 aliphatic rings. The Morgan fingerprint density at radius 3 is 2.93 bits per heavy atom.